The molecule has 0 aliphatic rings. The van der Waals surface area contributed by atoms with Crippen LogP contribution in [0.15, 0.2) is 18.2 Å². The summed E-state index contributed by atoms with van der Waals surface area (Å²) in [5, 5.41) is 7.09. The molecular weight excluding hydrogens is 262 g/mol. The summed E-state index contributed by atoms with van der Waals surface area (Å²) < 4.78 is 13.0. The van der Waals surface area contributed by atoms with Gasteiger partial charge in [-0.3, -0.25) is 9.67 Å². The Morgan fingerprint density at radius 1 is 1.16 bits per heavy atom. The third-order valence-corrected chi connectivity index (χ3v) is 3.08. The molecule has 0 spiro atoms. The van der Waals surface area contributed by atoms with Gasteiger partial charge in [-0.2, -0.15) is 5.10 Å². The number of nitrogens with zero attached hydrogens (tertiary/aromatic N) is 2. The van der Waals surface area contributed by atoms with Crippen LogP contribution in [-0.4, -0.2) is 29.0 Å². The molecule has 6 heteroatoms. The van der Waals surface area contributed by atoms with E-state index in [1.165, 1.54) is 0 Å². The number of hydrogen-bond donors (Lipinski definition) is 1. The van der Waals surface area contributed by atoms with Crippen LogP contribution < -0.4 is 9.47 Å². The fourth-order valence-corrected chi connectivity index (χ4v) is 2.11. The van der Waals surface area contributed by atoms with Gasteiger partial charge in [0.1, 0.15) is 17.3 Å². The fraction of sp³-hybridized carbons (Fsp3) is 0.385. The number of nitrogens with one attached hydrogen (secondary N) is 1. The molecule has 0 amide bonds. The van der Waals surface area contributed by atoms with Crippen LogP contribution in [0.3, 0.4) is 0 Å². The van der Waals surface area contributed by atoms with E-state index in [9.17, 15) is 0 Å². The van der Waals surface area contributed by atoms with Gasteiger partial charge in [0.25, 0.3) is 0 Å². The van der Waals surface area contributed by atoms with Crippen molar-refractivity contribution < 1.29 is 9.47 Å². The van der Waals surface area contributed by atoms with Crippen LogP contribution in [0.1, 0.15) is 25.6 Å². The van der Waals surface area contributed by atoms with Crippen molar-refractivity contribution in [1.29, 1.82) is 0 Å². The quantitative estimate of drug-likeness (QED) is 0.874. The zero-order chi connectivity index (χ0) is 14.0. The second-order valence-electron chi connectivity index (χ2n) is 4.45. The van der Waals surface area contributed by atoms with Gasteiger partial charge in [0, 0.05) is 24.1 Å². The molecule has 102 valence electrons. The van der Waals surface area contributed by atoms with E-state index in [-0.39, 0.29) is 5.92 Å². The lowest BCUT2D eigenvalue weighted by atomic mass is 10.2. The number of benzene rings is 1. The summed E-state index contributed by atoms with van der Waals surface area (Å²) in [7, 11) is 3.24. The number of hydrogen-bond acceptors (Lipinski definition) is 4. The van der Waals surface area contributed by atoms with E-state index in [1.807, 2.05) is 22.8 Å². The fourth-order valence-electron chi connectivity index (χ4n) is 1.87. The number of methoxy groups -OCH3 is 2. The van der Waals surface area contributed by atoms with Crippen LogP contribution in [0.5, 0.6) is 11.5 Å². The van der Waals surface area contributed by atoms with Gasteiger partial charge in [-0.15, -0.1) is 0 Å². The smallest absolute Gasteiger partial charge is 0.199 e. The van der Waals surface area contributed by atoms with Gasteiger partial charge >= 0.3 is 0 Å². The van der Waals surface area contributed by atoms with E-state index in [0.717, 1.165) is 11.5 Å². The van der Waals surface area contributed by atoms with Crippen molar-refractivity contribution in [2.45, 2.75) is 19.8 Å². The van der Waals surface area contributed by atoms with E-state index >= 15 is 0 Å². The molecule has 2 rings (SSSR count). The number of H-pyrrole nitrogens is 1. The summed E-state index contributed by atoms with van der Waals surface area (Å²) >= 11 is 5.30. The standard InChI is InChI=1S/C13H17N3O2S/c1-8(2)12-14-15-13(19)16(12)9-5-10(17-3)7-11(6-9)18-4/h5-8H,1-4H3,(H,15,19). The second kappa shape index (κ2) is 5.44. The maximum absolute atomic E-state index is 5.30. The highest BCUT2D eigenvalue weighted by molar-refractivity contribution is 7.71. The van der Waals surface area contributed by atoms with Crippen LogP contribution in [0.4, 0.5) is 0 Å². The van der Waals surface area contributed by atoms with Crippen molar-refractivity contribution in [1.82, 2.24) is 14.8 Å². The lowest BCUT2D eigenvalue weighted by molar-refractivity contribution is 0.394. The summed E-state index contributed by atoms with van der Waals surface area (Å²) in [6, 6.07) is 5.63. The summed E-state index contributed by atoms with van der Waals surface area (Å²) in [5.74, 6) is 2.56. The lowest BCUT2D eigenvalue weighted by Gasteiger charge is -2.12. The average Bonchev–Trinajstić information content (AvgIpc) is 2.80. The first-order valence-electron chi connectivity index (χ1n) is 5.97. The van der Waals surface area contributed by atoms with Crippen molar-refractivity contribution in [2.75, 3.05) is 14.2 Å². The Hall–Kier alpha value is -1.82. The summed E-state index contributed by atoms with van der Waals surface area (Å²) in [4.78, 5) is 0. The largest absolute Gasteiger partial charge is 0.497 e. The molecule has 0 aliphatic carbocycles. The zero-order valence-electron chi connectivity index (χ0n) is 11.4. The van der Waals surface area contributed by atoms with Crippen LogP contribution in [0, 0.1) is 4.77 Å². The minimum absolute atomic E-state index is 0.255. The minimum atomic E-state index is 0.255. The number of ether oxygens (including phenoxy) is 2. The molecule has 1 heterocycles. The molecule has 0 atom stereocenters. The van der Waals surface area contributed by atoms with Crippen molar-refractivity contribution in [3.63, 3.8) is 0 Å². The van der Waals surface area contributed by atoms with E-state index in [0.29, 0.717) is 16.3 Å². The van der Waals surface area contributed by atoms with Crippen LogP contribution >= 0.6 is 12.2 Å². The zero-order valence-corrected chi connectivity index (χ0v) is 12.2. The van der Waals surface area contributed by atoms with Gasteiger partial charge in [0.15, 0.2) is 4.77 Å². The Bertz CT molecular complexity index is 609. The Morgan fingerprint density at radius 2 is 1.74 bits per heavy atom. The molecule has 0 aliphatic heterocycles. The van der Waals surface area contributed by atoms with Crippen LogP contribution in [0.25, 0.3) is 5.69 Å². The normalized spacial score (nSPS) is 10.8. The molecule has 1 N–H and O–H groups in total. The van der Waals surface area contributed by atoms with E-state index in [4.69, 9.17) is 21.7 Å². The molecule has 0 unspecified atom stereocenters. The Labute approximate surface area is 117 Å². The molecule has 0 radical (unpaired) electrons. The van der Waals surface area contributed by atoms with Crippen molar-refractivity contribution in [3.05, 3.63) is 28.8 Å². The SMILES string of the molecule is COc1cc(OC)cc(-n2c(C(C)C)n[nH]c2=S)c1. The van der Waals surface area contributed by atoms with Crippen molar-refractivity contribution in [3.8, 4) is 17.2 Å². The topological polar surface area (TPSA) is 52.1 Å². The van der Waals surface area contributed by atoms with E-state index in [2.05, 4.69) is 24.0 Å². The van der Waals surface area contributed by atoms with Gasteiger partial charge in [-0.05, 0) is 12.2 Å². The first-order valence-corrected chi connectivity index (χ1v) is 6.38. The van der Waals surface area contributed by atoms with E-state index in [1.54, 1.807) is 14.2 Å². The first kappa shape index (κ1) is 13.6. The van der Waals surface area contributed by atoms with E-state index < -0.39 is 0 Å². The second-order valence-corrected chi connectivity index (χ2v) is 4.83. The average molecular weight is 279 g/mol. The number of rotatable bonds is 4. The highest BCUT2D eigenvalue weighted by atomic mass is 32.1. The maximum atomic E-state index is 5.30. The molecule has 2 aromatic rings. The summed E-state index contributed by atoms with van der Waals surface area (Å²) in [5.41, 5.74) is 0.874. The molecule has 0 saturated heterocycles. The Kier molecular flexibility index (Phi) is 3.90. The molecule has 1 aromatic heterocycles. The van der Waals surface area contributed by atoms with Gasteiger partial charge < -0.3 is 9.47 Å². The molecule has 19 heavy (non-hydrogen) atoms. The van der Waals surface area contributed by atoms with Crippen molar-refractivity contribution in [2.24, 2.45) is 0 Å². The van der Waals surface area contributed by atoms with Crippen LogP contribution in [-0.2, 0) is 0 Å². The first-order chi connectivity index (χ1) is 9.06. The van der Waals surface area contributed by atoms with Gasteiger partial charge in [0.05, 0.1) is 19.9 Å². The predicted molar refractivity (Wildman–Crippen MR) is 75.9 cm³/mol. The van der Waals surface area contributed by atoms with Gasteiger partial charge in [-0.25, -0.2) is 0 Å². The third kappa shape index (κ3) is 2.63. The highest BCUT2D eigenvalue weighted by Gasteiger charge is 2.13. The Morgan fingerprint density at radius 3 is 2.21 bits per heavy atom. The summed E-state index contributed by atoms with van der Waals surface area (Å²) in [6.07, 6.45) is 0. The van der Waals surface area contributed by atoms with Crippen molar-refractivity contribution >= 4 is 12.2 Å². The predicted octanol–water partition coefficient (Wildman–Crippen LogP) is 3.07. The van der Waals surface area contributed by atoms with Gasteiger partial charge in [0.2, 0.25) is 0 Å². The molecule has 0 fully saturated rings. The monoisotopic (exact) mass is 279 g/mol. The van der Waals surface area contributed by atoms with Gasteiger partial charge in [-0.1, -0.05) is 13.8 Å². The minimum Gasteiger partial charge on any atom is -0.497 e. The maximum Gasteiger partial charge on any atom is 0.199 e. The highest BCUT2D eigenvalue weighted by Crippen LogP contribution is 2.27. The number of aromatic amines is 1. The number of aromatic nitrogens is 3. The molecule has 5 nitrogen and oxygen atoms in total. The Balaban J connectivity index is 2.64. The molecule has 0 bridgehead atoms. The molecule has 1 aromatic carbocycles. The molecular formula is C13H17N3O2S. The van der Waals surface area contributed by atoms with Crippen LogP contribution in [0.2, 0.25) is 0 Å². The third-order valence-electron chi connectivity index (χ3n) is 2.81. The lowest BCUT2D eigenvalue weighted by Crippen LogP contribution is -2.04. The summed E-state index contributed by atoms with van der Waals surface area (Å²) in [6.45, 7) is 4.14. The molecule has 0 saturated carbocycles.